The van der Waals surface area contributed by atoms with Crippen molar-refractivity contribution in [2.45, 2.75) is 50.4 Å². The molecule has 2 heterocycles. The average molecular weight is 327 g/mol. The zero-order valence-electron chi connectivity index (χ0n) is 11.2. The number of halogens is 2. The van der Waals surface area contributed by atoms with Crippen LogP contribution in [0.15, 0.2) is 22.7 Å². The molecule has 2 nitrogen and oxygen atoms in total. The fourth-order valence-corrected chi connectivity index (χ4v) is 4.02. The van der Waals surface area contributed by atoms with Gasteiger partial charge in [0.2, 0.25) is 0 Å². The van der Waals surface area contributed by atoms with Gasteiger partial charge in [0.25, 0.3) is 0 Å². The van der Waals surface area contributed by atoms with Crippen molar-refractivity contribution < 1.29 is 4.39 Å². The Morgan fingerprint density at radius 2 is 1.95 bits per heavy atom. The maximum Gasteiger partial charge on any atom is 0.124 e. The highest BCUT2D eigenvalue weighted by Crippen LogP contribution is 2.30. The second-order valence-corrected chi connectivity index (χ2v) is 6.87. The molecule has 2 unspecified atom stereocenters. The number of rotatable bonds is 3. The first-order chi connectivity index (χ1) is 9.10. The standard InChI is InChI=1S/C15H20BrFN2/c1-19(9-10-4-11(16)6-12(17)5-10)15-7-13-2-3-14(8-15)18-13/h4-6,13-15,18H,2-3,7-9H2,1H3. The molecule has 1 N–H and O–H groups in total. The molecule has 1 aromatic carbocycles. The number of nitrogens with one attached hydrogen (secondary N) is 1. The van der Waals surface area contributed by atoms with E-state index in [0.717, 1.165) is 16.6 Å². The van der Waals surface area contributed by atoms with Gasteiger partial charge in [-0.3, -0.25) is 4.90 Å². The van der Waals surface area contributed by atoms with Crippen LogP contribution in [0.4, 0.5) is 4.39 Å². The molecule has 104 valence electrons. The Labute approximate surface area is 122 Å². The Morgan fingerprint density at radius 1 is 1.26 bits per heavy atom. The summed E-state index contributed by atoms with van der Waals surface area (Å²) in [4.78, 5) is 2.38. The van der Waals surface area contributed by atoms with E-state index in [9.17, 15) is 4.39 Å². The minimum atomic E-state index is -0.164. The van der Waals surface area contributed by atoms with Gasteiger partial charge in [-0.2, -0.15) is 0 Å². The molecule has 1 aromatic rings. The normalized spacial score (nSPS) is 30.0. The van der Waals surface area contributed by atoms with E-state index in [2.05, 4.69) is 33.2 Å². The van der Waals surface area contributed by atoms with Crippen molar-refractivity contribution in [1.82, 2.24) is 10.2 Å². The van der Waals surface area contributed by atoms with Gasteiger partial charge in [0.15, 0.2) is 0 Å². The summed E-state index contributed by atoms with van der Waals surface area (Å²) in [5.41, 5.74) is 1.04. The molecule has 2 aliphatic rings. The topological polar surface area (TPSA) is 15.3 Å². The van der Waals surface area contributed by atoms with Crippen molar-refractivity contribution in [2.24, 2.45) is 0 Å². The van der Waals surface area contributed by atoms with Crippen LogP contribution < -0.4 is 5.32 Å². The molecule has 2 bridgehead atoms. The number of benzene rings is 1. The molecule has 19 heavy (non-hydrogen) atoms. The van der Waals surface area contributed by atoms with E-state index in [4.69, 9.17) is 0 Å². The van der Waals surface area contributed by atoms with Crippen LogP contribution in [0.3, 0.4) is 0 Å². The van der Waals surface area contributed by atoms with Gasteiger partial charge in [-0.25, -0.2) is 4.39 Å². The first-order valence-corrected chi connectivity index (χ1v) is 7.81. The average Bonchev–Trinajstić information content (AvgIpc) is 2.66. The highest BCUT2D eigenvalue weighted by Gasteiger charge is 2.34. The fraction of sp³-hybridized carbons (Fsp3) is 0.600. The third kappa shape index (κ3) is 3.18. The van der Waals surface area contributed by atoms with Crippen molar-refractivity contribution in [3.8, 4) is 0 Å². The summed E-state index contributed by atoms with van der Waals surface area (Å²) in [5, 5.41) is 3.66. The first-order valence-electron chi connectivity index (χ1n) is 7.01. The van der Waals surface area contributed by atoms with Crippen molar-refractivity contribution in [1.29, 1.82) is 0 Å². The summed E-state index contributed by atoms with van der Waals surface area (Å²) in [6, 6.07) is 7.18. The predicted molar refractivity (Wildman–Crippen MR) is 78.5 cm³/mol. The van der Waals surface area contributed by atoms with Gasteiger partial charge in [0.1, 0.15) is 5.82 Å². The quantitative estimate of drug-likeness (QED) is 0.916. The molecule has 2 saturated heterocycles. The molecule has 3 rings (SSSR count). The van der Waals surface area contributed by atoms with Gasteiger partial charge in [-0.05, 0) is 56.5 Å². The molecule has 0 aromatic heterocycles. The fourth-order valence-electron chi connectivity index (χ4n) is 3.51. The maximum atomic E-state index is 13.4. The van der Waals surface area contributed by atoms with E-state index in [1.165, 1.54) is 31.7 Å². The second-order valence-electron chi connectivity index (χ2n) is 5.96. The van der Waals surface area contributed by atoms with E-state index in [-0.39, 0.29) is 5.82 Å². The molecule has 2 fully saturated rings. The first kappa shape index (κ1) is 13.5. The zero-order valence-corrected chi connectivity index (χ0v) is 12.8. The van der Waals surface area contributed by atoms with E-state index in [1.54, 1.807) is 6.07 Å². The van der Waals surface area contributed by atoms with Crippen LogP contribution >= 0.6 is 15.9 Å². The summed E-state index contributed by atoms with van der Waals surface area (Å²) < 4.78 is 14.2. The van der Waals surface area contributed by atoms with Crippen LogP contribution in [0.2, 0.25) is 0 Å². The highest BCUT2D eigenvalue weighted by molar-refractivity contribution is 9.10. The van der Waals surface area contributed by atoms with E-state index >= 15 is 0 Å². The largest absolute Gasteiger partial charge is 0.311 e. The van der Waals surface area contributed by atoms with Crippen LogP contribution in [0.25, 0.3) is 0 Å². The lowest BCUT2D eigenvalue weighted by molar-refractivity contribution is 0.166. The minimum absolute atomic E-state index is 0.164. The molecule has 0 amide bonds. The van der Waals surface area contributed by atoms with Gasteiger partial charge in [-0.1, -0.05) is 15.9 Å². The van der Waals surface area contributed by atoms with Crippen LogP contribution in [-0.4, -0.2) is 30.1 Å². The van der Waals surface area contributed by atoms with Crippen LogP contribution in [0.5, 0.6) is 0 Å². The SMILES string of the molecule is CN(Cc1cc(F)cc(Br)c1)C1CC2CCC(C1)N2. The molecular weight excluding hydrogens is 307 g/mol. The summed E-state index contributed by atoms with van der Waals surface area (Å²) in [7, 11) is 2.16. The van der Waals surface area contributed by atoms with Crippen LogP contribution in [0, 0.1) is 5.82 Å². The predicted octanol–water partition coefficient (Wildman–Crippen LogP) is 3.30. The number of hydrogen-bond donors (Lipinski definition) is 1. The molecule has 2 atom stereocenters. The lowest BCUT2D eigenvalue weighted by Gasteiger charge is -2.35. The third-order valence-electron chi connectivity index (χ3n) is 4.43. The van der Waals surface area contributed by atoms with Crippen molar-refractivity contribution in [3.63, 3.8) is 0 Å². The molecule has 0 spiro atoms. The van der Waals surface area contributed by atoms with Crippen molar-refractivity contribution in [3.05, 3.63) is 34.1 Å². The van der Waals surface area contributed by atoms with Crippen LogP contribution in [0.1, 0.15) is 31.2 Å². The number of piperidine rings is 1. The van der Waals surface area contributed by atoms with E-state index < -0.39 is 0 Å². The molecule has 2 aliphatic heterocycles. The van der Waals surface area contributed by atoms with Gasteiger partial charge in [0.05, 0.1) is 0 Å². The van der Waals surface area contributed by atoms with Gasteiger partial charge >= 0.3 is 0 Å². The monoisotopic (exact) mass is 326 g/mol. The third-order valence-corrected chi connectivity index (χ3v) is 4.88. The lowest BCUT2D eigenvalue weighted by Crippen LogP contribution is -2.46. The summed E-state index contributed by atoms with van der Waals surface area (Å²) in [6.07, 6.45) is 5.09. The number of nitrogens with zero attached hydrogens (tertiary/aromatic N) is 1. The zero-order chi connectivity index (χ0) is 13.4. The van der Waals surface area contributed by atoms with E-state index in [0.29, 0.717) is 18.1 Å². The van der Waals surface area contributed by atoms with Gasteiger partial charge in [-0.15, -0.1) is 0 Å². The van der Waals surface area contributed by atoms with Crippen LogP contribution in [-0.2, 0) is 6.54 Å². The Morgan fingerprint density at radius 3 is 2.58 bits per heavy atom. The molecule has 0 aliphatic carbocycles. The molecular formula is C15H20BrFN2. The summed E-state index contributed by atoms with van der Waals surface area (Å²) in [6.45, 7) is 0.820. The molecule has 0 saturated carbocycles. The number of fused-ring (bicyclic) bond motifs is 2. The van der Waals surface area contributed by atoms with Crippen molar-refractivity contribution in [2.75, 3.05) is 7.05 Å². The Hall–Kier alpha value is -0.450. The van der Waals surface area contributed by atoms with Crippen molar-refractivity contribution >= 4 is 15.9 Å². The van der Waals surface area contributed by atoms with Gasteiger partial charge < -0.3 is 5.32 Å². The Kier molecular flexibility index (Phi) is 3.92. The minimum Gasteiger partial charge on any atom is -0.311 e. The Bertz CT molecular complexity index is 433. The van der Waals surface area contributed by atoms with E-state index in [1.807, 2.05) is 6.07 Å². The number of hydrogen-bond acceptors (Lipinski definition) is 2. The molecule has 4 heteroatoms. The lowest BCUT2D eigenvalue weighted by atomic mass is 9.98. The second kappa shape index (κ2) is 5.51. The summed E-state index contributed by atoms with van der Waals surface area (Å²) in [5.74, 6) is -0.164. The smallest absolute Gasteiger partial charge is 0.124 e. The highest BCUT2D eigenvalue weighted by atomic mass is 79.9. The molecule has 0 radical (unpaired) electrons. The Balaban J connectivity index is 1.65. The van der Waals surface area contributed by atoms with Gasteiger partial charge in [0, 0.05) is 29.1 Å². The maximum absolute atomic E-state index is 13.4. The summed E-state index contributed by atoms with van der Waals surface area (Å²) >= 11 is 3.36.